The summed E-state index contributed by atoms with van der Waals surface area (Å²) in [5.41, 5.74) is 1.37. The molecule has 4 rings (SSSR count). The van der Waals surface area contributed by atoms with E-state index < -0.39 is 63.6 Å². The van der Waals surface area contributed by atoms with E-state index in [1.54, 1.807) is 26.8 Å². The van der Waals surface area contributed by atoms with Gasteiger partial charge >= 0.3 is 6.09 Å². The summed E-state index contributed by atoms with van der Waals surface area (Å²) in [6.45, 7) is 12.5. The number of Topliss-reactive ketones (excluding diaryl/α,β-unsaturated/α-hetero) is 1. The number of alkyl halides is 2. The summed E-state index contributed by atoms with van der Waals surface area (Å²) < 4.78 is 4.25. The van der Waals surface area contributed by atoms with Gasteiger partial charge in [-0.05, 0) is 63.5 Å². The van der Waals surface area contributed by atoms with Crippen LogP contribution in [-0.4, -0.2) is 75.6 Å². The topological polar surface area (TPSA) is 134 Å². The average Bonchev–Trinajstić information content (AvgIpc) is 3.33. The molecule has 0 aromatic heterocycles. The van der Waals surface area contributed by atoms with Crippen molar-refractivity contribution in [2.24, 2.45) is 17.8 Å². The second-order valence-corrected chi connectivity index (χ2v) is 14.0. The summed E-state index contributed by atoms with van der Waals surface area (Å²) in [4.78, 5) is 68.0. The van der Waals surface area contributed by atoms with Gasteiger partial charge in [0.25, 0.3) is 5.91 Å². The number of fused-ring (bicyclic) bond motifs is 2. The SMILES string of the molecule is C=CCCC(NC(=O)C1C2C(CN1C(=O)C(NC(=O)OC(C)(C)C)C1Cc3ccccc3C1)C2(Cl)Cl)C(=O)C(=O)NCC=C. The Morgan fingerprint density at radius 1 is 1.07 bits per heavy atom. The molecule has 0 radical (unpaired) electrons. The summed E-state index contributed by atoms with van der Waals surface area (Å²) >= 11 is 13.1. The molecule has 12 heteroatoms. The molecule has 5 atom stereocenters. The maximum absolute atomic E-state index is 14.3. The highest BCUT2D eigenvalue weighted by Gasteiger charge is 2.74. The van der Waals surface area contributed by atoms with Crippen molar-refractivity contribution in [3.63, 3.8) is 0 Å². The van der Waals surface area contributed by atoms with Gasteiger partial charge in [-0.1, -0.05) is 36.4 Å². The number of benzene rings is 1. The Morgan fingerprint density at radius 2 is 1.70 bits per heavy atom. The van der Waals surface area contributed by atoms with Crippen LogP contribution in [-0.2, 0) is 36.8 Å². The molecular weight excluding hydrogens is 607 g/mol. The Labute approximate surface area is 267 Å². The minimum atomic E-state index is -1.24. The van der Waals surface area contributed by atoms with Crippen molar-refractivity contribution in [3.05, 3.63) is 60.7 Å². The van der Waals surface area contributed by atoms with E-state index in [9.17, 15) is 24.0 Å². The van der Waals surface area contributed by atoms with E-state index in [2.05, 4.69) is 29.1 Å². The Kier molecular flexibility index (Phi) is 10.1. The van der Waals surface area contributed by atoms with Crippen LogP contribution in [0.4, 0.5) is 4.79 Å². The van der Waals surface area contributed by atoms with Crippen LogP contribution in [0.2, 0.25) is 0 Å². The molecule has 2 fully saturated rings. The highest BCUT2D eigenvalue weighted by atomic mass is 35.5. The summed E-state index contributed by atoms with van der Waals surface area (Å²) in [7, 11) is 0. The maximum Gasteiger partial charge on any atom is 0.408 e. The lowest BCUT2D eigenvalue weighted by molar-refractivity contribution is -0.144. The molecule has 0 bridgehead atoms. The zero-order chi connectivity index (χ0) is 32.4. The van der Waals surface area contributed by atoms with Crippen LogP contribution in [0.15, 0.2) is 49.6 Å². The molecule has 0 spiro atoms. The Morgan fingerprint density at radius 3 is 2.27 bits per heavy atom. The monoisotopic (exact) mass is 646 g/mol. The number of carbonyl (C=O) groups excluding carboxylic acids is 5. The van der Waals surface area contributed by atoms with E-state index in [0.29, 0.717) is 19.3 Å². The predicted octanol–water partition coefficient (Wildman–Crippen LogP) is 3.25. The molecule has 238 valence electrons. The number of carbonyl (C=O) groups is 5. The number of ether oxygens (including phenoxy) is 1. The number of allylic oxidation sites excluding steroid dienone is 1. The van der Waals surface area contributed by atoms with E-state index >= 15 is 0 Å². The standard InChI is InChI=1S/C32H40Cl2N4O6/c1-6-8-13-22(26(39)28(41)35-14-7-2)36-27(40)25-23-21(32(23,33)34)17-38(25)29(42)24(37-30(43)44-31(3,4)5)20-15-18-11-9-10-12-19(18)16-20/h6-7,9-12,20-25H,1-2,8,13-17H2,3-5H3,(H,35,41)(H,36,40)(H,37,43). The van der Waals surface area contributed by atoms with E-state index in [-0.39, 0.29) is 31.3 Å². The third-order valence-electron chi connectivity index (χ3n) is 8.30. The predicted molar refractivity (Wildman–Crippen MR) is 167 cm³/mol. The van der Waals surface area contributed by atoms with Gasteiger partial charge in [0.2, 0.25) is 17.6 Å². The molecule has 1 saturated heterocycles. The lowest BCUT2D eigenvalue weighted by Crippen LogP contribution is -2.60. The number of nitrogens with zero attached hydrogens (tertiary/aromatic N) is 1. The van der Waals surface area contributed by atoms with Crippen molar-refractivity contribution in [3.8, 4) is 0 Å². The van der Waals surface area contributed by atoms with Crippen molar-refractivity contribution in [2.75, 3.05) is 13.1 Å². The van der Waals surface area contributed by atoms with Gasteiger partial charge in [0.05, 0.1) is 6.04 Å². The van der Waals surface area contributed by atoms with E-state index in [4.69, 9.17) is 27.9 Å². The zero-order valence-electron chi connectivity index (χ0n) is 25.2. The second kappa shape index (κ2) is 13.3. The molecule has 5 unspecified atom stereocenters. The number of halogens is 2. The maximum atomic E-state index is 14.3. The van der Waals surface area contributed by atoms with Crippen LogP contribution in [0.5, 0.6) is 0 Å². The molecule has 1 heterocycles. The van der Waals surface area contributed by atoms with Gasteiger partial charge in [-0.3, -0.25) is 19.2 Å². The fourth-order valence-electron chi connectivity index (χ4n) is 6.18. The third-order valence-corrected chi connectivity index (χ3v) is 9.36. The van der Waals surface area contributed by atoms with Crippen molar-refractivity contribution < 1.29 is 28.7 Å². The van der Waals surface area contributed by atoms with Crippen molar-refractivity contribution in [1.82, 2.24) is 20.9 Å². The van der Waals surface area contributed by atoms with Crippen LogP contribution in [0.25, 0.3) is 0 Å². The van der Waals surface area contributed by atoms with E-state index in [1.165, 1.54) is 11.0 Å². The largest absolute Gasteiger partial charge is 0.444 e. The molecule has 2 aliphatic carbocycles. The Bertz CT molecular complexity index is 1320. The molecule has 1 aromatic rings. The van der Waals surface area contributed by atoms with Gasteiger partial charge in [-0.2, -0.15) is 0 Å². The Balaban J connectivity index is 1.59. The average molecular weight is 648 g/mol. The number of alkyl carbamates (subject to hydrolysis) is 1. The minimum Gasteiger partial charge on any atom is -0.444 e. The summed E-state index contributed by atoms with van der Waals surface area (Å²) in [6, 6.07) is 4.54. The van der Waals surface area contributed by atoms with Crippen LogP contribution in [0, 0.1) is 17.8 Å². The summed E-state index contributed by atoms with van der Waals surface area (Å²) in [6.07, 6.45) is 3.83. The van der Waals surface area contributed by atoms with Gasteiger partial charge in [0, 0.05) is 24.9 Å². The van der Waals surface area contributed by atoms with Crippen LogP contribution in [0.1, 0.15) is 44.7 Å². The molecule has 1 aliphatic heterocycles. The number of piperidine rings is 1. The van der Waals surface area contributed by atoms with Crippen molar-refractivity contribution in [2.45, 2.75) is 74.5 Å². The fourth-order valence-corrected chi connectivity index (χ4v) is 7.00. The van der Waals surface area contributed by atoms with Crippen LogP contribution < -0.4 is 16.0 Å². The fraction of sp³-hybridized carbons (Fsp3) is 0.531. The quantitative estimate of drug-likeness (QED) is 0.181. The molecule has 1 aromatic carbocycles. The lowest BCUT2D eigenvalue weighted by Gasteiger charge is -2.35. The van der Waals surface area contributed by atoms with E-state index in [1.807, 2.05) is 24.3 Å². The number of likely N-dealkylation sites (tertiary alicyclic amines) is 1. The van der Waals surface area contributed by atoms with Crippen molar-refractivity contribution in [1.29, 1.82) is 0 Å². The first-order valence-electron chi connectivity index (χ1n) is 14.8. The number of hydrogen-bond acceptors (Lipinski definition) is 6. The lowest BCUT2D eigenvalue weighted by atomic mass is 9.94. The first-order valence-corrected chi connectivity index (χ1v) is 15.5. The van der Waals surface area contributed by atoms with Gasteiger partial charge in [0.1, 0.15) is 22.0 Å². The molecule has 44 heavy (non-hydrogen) atoms. The molecule has 10 nitrogen and oxygen atoms in total. The molecule has 3 N–H and O–H groups in total. The normalized spacial score (nSPS) is 22.9. The number of rotatable bonds is 12. The molecule has 1 saturated carbocycles. The summed E-state index contributed by atoms with van der Waals surface area (Å²) in [5.74, 6) is -4.09. The number of amides is 4. The second-order valence-electron chi connectivity index (χ2n) is 12.6. The van der Waals surface area contributed by atoms with Gasteiger partial charge in [0.15, 0.2) is 0 Å². The number of ketones is 1. The molecular formula is C32H40Cl2N4O6. The first-order chi connectivity index (χ1) is 20.7. The number of hydrogen-bond donors (Lipinski definition) is 3. The van der Waals surface area contributed by atoms with Crippen molar-refractivity contribution >= 4 is 52.8 Å². The van der Waals surface area contributed by atoms with Gasteiger partial charge in [-0.15, -0.1) is 36.4 Å². The summed E-state index contributed by atoms with van der Waals surface area (Å²) in [5, 5.41) is 7.90. The van der Waals surface area contributed by atoms with E-state index in [0.717, 1.165) is 11.1 Å². The first kappa shape index (κ1) is 33.5. The van der Waals surface area contributed by atoms with Gasteiger partial charge in [-0.25, -0.2) is 4.79 Å². The minimum absolute atomic E-state index is 0.0828. The molecule has 4 amide bonds. The number of nitrogens with one attached hydrogen (secondary N) is 3. The van der Waals surface area contributed by atoms with Crippen LogP contribution >= 0.6 is 23.2 Å². The highest BCUT2D eigenvalue weighted by molar-refractivity contribution is 6.51. The Hall–Kier alpha value is -3.37. The highest BCUT2D eigenvalue weighted by Crippen LogP contribution is 2.65. The van der Waals surface area contributed by atoms with Gasteiger partial charge < -0.3 is 25.6 Å². The zero-order valence-corrected chi connectivity index (χ0v) is 26.7. The smallest absolute Gasteiger partial charge is 0.408 e. The van der Waals surface area contributed by atoms with Crippen LogP contribution in [0.3, 0.4) is 0 Å². The third kappa shape index (κ3) is 7.29. The molecule has 3 aliphatic rings.